The summed E-state index contributed by atoms with van der Waals surface area (Å²) in [6.45, 7) is 4.20. The van der Waals surface area contributed by atoms with Gasteiger partial charge in [-0.1, -0.05) is 83.5 Å². The van der Waals surface area contributed by atoms with E-state index in [-0.39, 0.29) is 0 Å². The Morgan fingerprint density at radius 1 is 0.882 bits per heavy atom. The Morgan fingerprint density at radius 2 is 1.68 bits per heavy atom. The van der Waals surface area contributed by atoms with E-state index in [0.717, 1.165) is 27.8 Å². The van der Waals surface area contributed by atoms with Gasteiger partial charge in [0.15, 0.2) is 5.16 Å². The van der Waals surface area contributed by atoms with Gasteiger partial charge in [-0.15, -0.1) is 20.4 Å². The summed E-state index contributed by atoms with van der Waals surface area (Å²) in [6, 6.07) is 24.1. The molecule has 0 saturated carbocycles. The van der Waals surface area contributed by atoms with Crippen molar-refractivity contribution in [3.8, 4) is 17.1 Å². The molecule has 0 atom stereocenters. The normalized spacial score (nSPS) is 11.1. The second kappa shape index (κ2) is 9.83. The van der Waals surface area contributed by atoms with Crippen molar-refractivity contribution in [2.24, 2.45) is 0 Å². The molecule has 0 fully saturated rings. The Kier molecular flexibility index (Phi) is 6.47. The molecule has 8 heteroatoms. The van der Waals surface area contributed by atoms with Gasteiger partial charge < -0.3 is 4.42 Å². The van der Waals surface area contributed by atoms with Gasteiger partial charge in [-0.2, -0.15) is 0 Å². The predicted octanol–water partition coefficient (Wildman–Crippen LogP) is 6.47. The van der Waals surface area contributed by atoms with E-state index in [1.54, 1.807) is 6.07 Å². The second-order valence-electron chi connectivity index (χ2n) is 7.96. The largest absolute Gasteiger partial charge is 0.420 e. The summed E-state index contributed by atoms with van der Waals surface area (Å²) in [5.74, 6) is 2.25. The summed E-state index contributed by atoms with van der Waals surface area (Å²) < 4.78 is 8.00. The van der Waals surface area contributed by atoms with E-state index in [1.807, 2.05) is 36.4 Å². The summed E-state index contributed by atoms with van der Waals surface area (Å²) >= 11 is 7.78. The minimum atomic E-state index is 0.404. The van der Waals surface area contributed by atoms with Gasteiger partial charge in [0.2, 0.25) is 11.8 Å². The van der Waals surface area contributed by atoms with Gasteiger partial charge in [-0.25, -0.2) is 0 Å². The molecule has 3 aromatic carbocycles. The van der Waals surface area contributed by atoms with Gasteiger partial charge in [-0.05, 0) is 43.2 Å². The van der Waals surface area contributed by atoms with E-state index in [2.05, 4.69) is 69.1 Å². The smallest absolute Gasteiger partial charge is 0.249 e. The van der Waals surface area contributed by atoms with Crippen molar-refractivity contribution in [2.75, 3.05) is 0 Å². The molecular formula is C26H22ClN5OS. The molecule has 2 heterocycles. The van der Waals surface area contributed by atoms with Crippen molar-refractivity contribution in [1.29, 1.82) is 0 Å². The molecule has 6 nitrogen and oxygen atoms in total. The minimum Gasteiger partial charge on any atom is -0.420 e. The molecule has 0 radical (unpaired) electrons. The molecule has 5 aromatic rings. The Hall–Kier alpha value is -3.42. The average Bonchev–Trinajstić information content (AvgIpc) is 3.46. The van der Waals surface area contributed by atoms with E-state index in [0.29, 0.717) is 29.0 Å². The number of hydrogen-bond acceptors (Lipinski definition) is 6. The maximum Gasteiger partial charge on any atom is 0.249 e. The minimum absolute atomic E-state index is 0.404. The first-order chi connectivity index (χ1) is 16.6. The van der Waals surface area contributed by atoms with E-state index in [4.69, 9.17) is 16.0 Å². The third-order valence-corrected chi connectivity index (χ3v) is 6.64. The van der Waals surface area contributed by atoms with Crippen molar-refractivity contribution in [3.05, 3.63) is 106 Å². The van der Waals surface area contributed by atoms with Crippen LogP contribution >= 0.6 is 23.4 Å². The Labute approximate surface area is 207 Å². The van der Waals surface area contributed by atoms with Crippen molar-refractivity contribution in [2.45, 2.75) is 31.2 Å². The molecule has 0 aliphatic heterocycles. The highest BCUT2D eigenvalue weighted by molar-refractivity contribution is 7.98. The quantitative estimate of drug-likeness (QED) is 0.245. The van der Waals surface area contributed by atoms with Crippen molar-refractivity contribution in [1.82, 2.24) is 25.0 Å². The van der Waals surface area contributed by atoms with Crippen LogP contribution in [0.2, 0.25) is 5.02 Å². The number of rotatable bonds is 7. The molecule has 170 valence electrons. The monoisotopic (exact) mass is 487 g/mol. The van der Waals surface area contributed by atoms with Gasteiger partial charge in [0.1, 0.15) is 5.82 Å². The van der Waals surface area contributed by atoms with Crippen LogP contribution in [0.5, 0.6) is 0 Å². The number of thioether (sulfide) groups is 1. The fourth-order valence-electron chi connectivity index (χ4n) is 3.77. The molecule has 34 heavy (non-hydrogen) atoms. The van der Waals surface area contributed by atoms with Crippen LogP contribution in [0.1, 0.15) is 28.4 Å². The zero-order chi connectivity index (χ0) is 23.5. The van der Waals surface area contributed by atoms with Gasteiger partial charge in [-0.3, -0.25) is 4.57 Å². The zero-order valence-electron chi connectivity index (χ0n) is 18.8. The Balaban J connectivity index is 1.44. The predicted molar refractivity (Wildman–Crippen MR) is 134 cm³/mol. The fourth-order valence-corrected chi connectivity index (χ4v) is 4.78. The molecule has 0 saturated heterocycles. The van der Waals surface area contributed by atoms with Gasteiger partial charge >= 0.3 is 0 Å². The van der Waals surface area contributed by atoms with Gasteiger partial charge in [0.05, 0.1) is 22.0 Å². The Morgan fingerprint density at radius 3 is 2.47 bits per heavy atom. The van der Waals surface area contributed by atoms with E-state index in [9.17, 15) is 0 Å². The van der Waals surface area contributed by atoms with Crippen molar-refractivity contribution >= 4 is 23.4 Å². The maximum absolute atomic E-state index is 6.27. The summed E-state index contributed by atoms with van der Waals surface area (Å²) in [5.41, 5.74) is 5.34. The molecule has 0 aliphatic carbocycles. The molecule has 5 rings (SSSR count). The first-order valence-electron chi connectivity index (χ1n) is 10.8. The van der Waals surface area contributed by atoms with Gasteiger partial charge in [0.25, 0.3) is 0 Å². The standard InChI is InChI=1S/C26H22ClN5OS/c1-17-12-13-22(18(2)14-17)32-23(15-19-8-4-3-5-9-19)28-31-26(32)34-16-24-29-30-25(33-24)20-10-6-7-11-21(20)27/h3-14H,15-16H2,1-2H3. The van der Waals surface area contributed by atoms with Crippen molar-refractivity contribution < 1.29 is 4.42 Å². The third kappa shape index (κ3) is 4.76. The lowest BCUT2D eigenvalue weighted by atomic mass is 10.1. The highest BCUT2D eigenvalue weighted by atomic mass is 35.5. The molecule has 0 bridgehead atoms. The fraction of sp³-hybridized carbons (Fsp3) is 0.154. The number of halogens is 1. The van der Waals surface area contributed by atoms with E-state index < -0.39 is 0 Å². The molecule has 2 aromatic heterocycles. The number of nitrogens with zero attached hydrogens (tertiary/aromatic N) is 5. The van der Waals surface area contributed by atoms with Crippen LogP contribution in [0.15, 0.2) is 82.4 Å². The lowest BCUT2D eigenvalue weighted by Crippen LogP contribution is -2.06. The second-order valence-corrected chi connectivity index (χ2v) is 9.31. The summed E-state index contributed by atoms with van der Waals surface area (Å²) in [4.78, 5) is 0. The number of benzene rings is 3. The van der Waals surface area contributed by atoms with Crippen LogP contribution in [0.3, 0.4) is 0 Å². The van der Waals surface area contributed by atoms with E-state index in [1.165, 1.54) is 22.9 Å². The van der Waals surface area contributed by atoms with Crippen LogP contribution in [0, 0.1) is 13.8 Å². The highest BCUT2D eigenvalue weighted by Gasteiger charge is 2.18. The van der Waals surface area contributed by atoms with Crippen LogP contribution in [-0.4, -0.2) is 25.0 Å². The maximum atomic E-state index is 6.27. The first-order valence-corrected chi connectivity index (χ1v) is 12.2. The number of aryl methyl sites for hydroxylation is 2. The first kappa shape index (κ1) is 22.4. The number of aromatic nitrogens is 5. The molecular weight excluding hydrogens is 466 g/mol. The topological polar surface area (TPSA) is 69.6 Å². The lowest BCUT2D eigenvalue weighted by molar-refractivity contribution is 0.528. The van der Waals surface area contributed by atoms with Crippen LogP contribution in [0.25, 0.3) is 17.1 Å². The number of hydrogen-bond donors (Lipinski definition) is 0. The third-order valence-electron chi connectivity index (χ3n) is 5.39. The lowest BCUT2D eigenvalue weighted by Gasteiger charge is -2.13. The molecule has 0 unspecified atom stereocenters. The van der Waals surface area contributed by atoms with Crippen LogP contribution < -0.4 is 0 Å². The van der Waals surface area contributed by atoms with Crippen LogP contribution in [0.4, 0.5) is 0 Å². The SMILES string of the molecule is Cc1ccc(-n2c(Cc3ccccc3)nnc2SCc2nnc(-c3ccccc3Cl)o2)c(C)c1. The van der Waals surface area contributed by atoms with E-state index >= 15 is 0 Å². The molecule has 0 aliphatic rings. The zero-order valence-corrected chi connectivity index (χ0v) is 20.3. The molecule has 0 N–H and O–H groups in total. The summed E-state index contributed by atoms with van der Waals surface area (Å²) in [5, 5.41) is 18.8. The molecule has 0 spiro atoms. The molecule has 0 amide bonds. The summed E-state index contributed by atoms with van der Waals surface area (Å²) in [6.07, 6.45) is 0.679. The Bertz CT molecular complexity index is 1430. The van der Waals surface area contributed by atoms with Crippen LogP contribution in [-0.2, 0) is 12.2 Å². The van der Waals surface area contributed by atoms with Crippen molar-refractivity contribution in [3.63, 3.8) is 0 Å². The van der Waals surface area contributed by atoms with Gasteiger partial charge in [0, 0.05) is 6.42 Å². The summed E-state index contributed by atoms with van der Waals surface area (Å²) in [7, 11) is 0. The average molecular weight is 488 g/mol. The highest BCUT2D eigenvalue weighted by Crippen LogP contribution is 2.30.